The predicted octanol–water partition coefficient (Wildman–Crippen LogP) is 3.41. The normalized spacial score (nSPS) is 18.2. The van der Waals surface area contributed by atoms with Crippen LogP contribution in [0.15, 0.2) is 36.4 Å². The molecule has 1 aromatic carbocycles. The molecule has 0 unspecified atom stereocenters. The van der Waals surface area contributed by atoms with E-state index in [4.69, 9.17) is 16.6 Å². The van der Waals surface area contributed by atoms with Crippen molar-refractivity contribution in [3.63, 3.8) is 0 Å². The fraction of sp³-hybridized carbons (Fsp3) is 0.421. The third-order valence-corrected chi connectivity index (χ3v) is 5.02. The molecule has 4 rings (SSSR count). The Hall–Kier alpha value is -2.14. The van der Waals surface area contributed by atoms with E-state index in [0.717, 1.165) is 50.4 Å². The first-order chi connectivity index (χ1) is 12.2. The van der Waals surface area contributed by atoms with Crippen LogP contribution in [0.5, 0.6) is 0 Å². The summed E-state index contributed by atoms with van der Waals surface area (Å²) in [6.07, 6.45) is 4.12. The molecule has 0 spiro atoms. The number of carbonyl (C=O) groups is 1. The summed E-state index contributed by atoms with van der Waals surface area (Å²) in [6.45, 7) is 1.72. The van der Waals surface area contributed by atoms with Gasteiger partial charge in [-0.3, -0.25) is 4.79 Å². The van der Waals surface area contributed by atoms with Crippen LogP contribution in [0.3, 0.4) is 0 Å². The second-order valence-corrected chi connectivity index (χ2v) is 7.17. The van der Waals surface area contributed by atoms with E-state index < -0.39 is 0 Å². The molecule has 1 aromatic heterocycles. The summed E-state index contributed by atoms with van der Waals surface area (Å²) in [7, 11) is 0. The molecule has 1 amide bonds. The molecule has 1 N–H and O–H groups in total. The molecule has 2 heterocycles. The zero-order valence-electron chi connectivity index (χ0n) is 14.0. The maximum Gasteiger partial charge on any atom is 0.251 e. The van der Waals surface area contributed by atoms with Gasteiger partial charge in [0.1, 0.15) is 16.8 Å². The number of hydrogen-bond acceptors (Lipinski definition) is 4. The van der Waals surface area contributed by atoms with Gasteiger partial charge in [-0.1, -0.05) is 29.8 Å². The van der Waals surface area contributed by atoms with Gasteiger partial charge in [-0.15, -0.1) is 0 Å². The second kappa shape index (κ2) is 7.00. The highest BCUT2D eigenvalue weighted by Gasteiger charge is 2.28. The average Bonchev–Trinajstić information content (AvgIpc) is 3.48. The van der Waals surface area contributed by atoms with Crippen LogP contribution in [-0.4, -0.2) is 35.0 Å². The highest BCUT2D eigenvalue weighted by atomic mass is 35.5. The number of nitrogens with one attached hydrogen (secondary N) is 1. The summed E-state index contributed by atoms with van der Waals surface area (Å²) in [4.78, 5) is 23.6. The first-order valence-electron chi connectivity index (χ1n) is 8.84. The number of nitrogens with zero attached hydrogens (tertiary/aromatic N) is 3. The lowest BCUT2D eigenvalue weighted by Gasteiger charge is -2.33. The van der Waals surface area contributed by atoms with E-state index in [1.54, 1.807) is 0 Å². The summed E-state index contributed by atoms with van der Waals surface area (Å²) in [5.41, 5.74) is 0.710. The van der Waals surface area contributed by atoms with Crippen LogP contribution in [-0.2, 0) is 0 Å². The largest absolute Gasteiger partial charge is 0.356 e. The van der Waals surface area contributed by atoms with Crippen molar-refractivity contribution in [1.82, 2.24) is 15.3 Å². The van der Waals surface area contributed by atoms with Gasteiger partial charge in [-0.2, -0.15) is 0 Å². The number of rotatable bonds is 4. The summed E-state index contributed by atoms with van der Waals surface area (Å²) in [6, 6.07) is 11.4. The molecular formula is C19H21ClN4O. The molecule has 0 bridgehead atoms. The summed E-state index contributed by atoms with van der Waals surface area (Å²) in [5, 5.41) is 3.65. The third kappa shape index (κ3) is 3.93. The number of halogens is 1. The molecular weight excluding hydrogens is 336 g/mol. The van der Waals surface area contributed by atoms with Gasteiger partial charge in [0, 0.05) is 36.7 Å². The lowest BCUT2D eigenvalue weighted by molar-refractivity contribution is 0.0931. The van der Waals surface area contributed by atoms with Crippen molar-refractivity contribution in [2.24, 2.45) is 0 Å². The van der Waals surface area contributed by atoms with E-state index in [9.17, 15) is 4.79 Å². The van der Waals surface area contributed by atoms with Crippen LogP contribution in [0, 0.1) is 0 Å². The fourth-order valence-electron chi connectivity index (χ4n) is 3.22. The van der Waals surface area contributed by atoms with Crippen LogP contribution in [0.25, 0.3) is 0 Å². The molecule has 1 aliphatic heterocycles. The van der Waals surface area contributed by atoms with Crippen molar-refractivity contribution in [2.75, 3.05) is 18.0 Å². The molecule has 5 nitrogen and oxygen atoms in total. The van der Waals surface area contributed by atoms with Crippen molar-refractivity contribution >= 4 is 23.3 Å². The number of carbonyl (C=O) groups excluding carboxylic acids is 1. The number of anilines is 1. The number of aromatic nitrogens is 2. The van der Waals surface area contributed by atoms with Gasteiger partial charge in [-0.05, 0) is 37.8 Å². The lowest BCUT2D eigenvalue weighted by Crippen LogP contribution is -2.45. The van der Waals surface area contributed by atoms with Crippen LogP contribution in [0.1, 0.15) is 47.8 Å². The second-order valence-electron chi connectivity index (χ2n) is 6.78. The van der Waals surface area contributed by atoms with Gasteiger partial charge in [0.2, 0.25) is 0 Å². The Kier molecular flexibility index (Phi) is 4.57. The molecule has 2 fully saturated rings. The molecule has 0 radical (unpaired) electrons. The van der Waals surface area contributed by atoms with Gasteiger partial charge in [0.05, 0.1) is 0 Å². The van der Waals surface area contributed by atoms with Gasteiger partial charge < -0.3 is 10.2 Å². The first-order valence-corrected chi connectivity index (χ1v) is 9.22. The number of piperidine rings is 1. The van der Waals surface area contributed by atoms with Crippen LogP contribution in [0.2, 0.25) is 5.15 Å². The molecule has 1 saturated heterocycles. The molecule has 130 valence electrons. The zero-order valence-corrected chi connectivity index (χ0v) is 14.7. The molecule has 6 heteroatoms. The van der Waals surface area contributed by atoms with E-state index >= 15 is 0 Å². The summed E-state index contributed by atoms with van der Waals surface area (Å²) in [5.74, 6) is 2.28. The molecule has 2 aliphatic rings. The van der Waals surface area contributed by atoms with Crippen LogP contribution >= 0.6 is 11.6 Å². The standard InChI is InChI=1S/C19H21ClN4O/c20-16-12-17(23-18(22-16)13-6-7-13)24-10-8-15(9-11-24)21-19(25)14-4-2-1-3-5-14/h1-5,12-13,15H,6-11H2,(H,21,25). The van der Waals surface area contributed by atoms with E-state index in [1.807, 2.05) is 36.4 Å². The summed E-state index contributed by atoms with van der Waals surface area (Å²) < 4.78 is 0. The third-order valence-electron chi connectivity index (χ3n) is 4.83. The molecule has 1 aliphatic carbocycles. The van der Waals surface area contributed by atoms with Gasteiger partial charge in [0.25, 0.3) is 5.91 Å². The average molecular weight is 357 g/mol. The quantitative estimate of drug-likeness (QED) is 0.853. The first kappa shape index (κ1) is 16.3. The number of hydrogen-bond donors (Lipinski definition) is 1. The van der Waals surface area contributed by atoms with E-state index in [0.29, 0.717) is 16.6 Å². The molecule has 2 aromatic rings. The molecule has 0 atom stereocenters. The Morgan fingerprint density at radius 1 is 1.08 bits per heavy atom. The van der Waals surface area contributed by atoms with E-state index in [-0.39, 0.29) is 11.9 Å². The maximum absolute atomic E-state index is 12.3. The van der Waals surface area contributed by atoms with Crippen LogP contribution in [0.4, 0.5) is 5.82 Å². The zero-order chi connectivity index (χ0) is 17.2. The minimum Gasteiger partial charge on any atom is -0.356 e. The van der Waals surface area contributed by atoms with Crippen molar-refractivity contribution in [2.45, 2.75) is 37.6 Å². The molecule has 25 heavy (non-hydrogen) atoms. The smallest absolute Gasteiger partial charge is 0.251 e. The Morgan fingerprint density at radius 2 is 1.80 bits per heavy atom. The Bertz CT molecular complexity index is 755. The monoisotopic (exact) mass is 356 g/mol. The minimum atomic E-state index is 0.000139. The van der Waals surface area contributed by atoms with Gasteiger partial charge >= 0.3 is 0 Å². The predicted molar refractivity (Wildman–Crippen MR) is 98.2 cm³/mol. The van der Waals surface area contributed by atoms with Crippen molar-refractivity contribution in [3.8, 4) is 0 Å². The topological polar surface area (TPSA) is 58.1 Å². The minimum absolute atomic E-state index is 0.000139. The Morgan fingerprint density at radius 3 is 2.48 bits per heavy atom. The fourth-order valence-corrected chi connectivity index (χ4v) is 3.40. The summed E-state index contributed by atoms with van der Waals surface area (Å²) >= 11 is 6.17. The van der Waals surface area contributed by atoms with E-state index in [1.165, 1.54) is 0 Å². The maximum atomic E-state index is 12.3. The van der Waals surface area contributed by atoms with Gasteiger partial charge in [0.15, 0.2) is 0 Å². The number of amides is 1. The SMILES string of the molecule is O=C(NC1CCN(c2cc(Cl)nc(C3CC3)n2)CC1)c1ccccc1. The van der Waals surface area contributed by atoms with Crippen LogP contribution < -0.4 is 10.2 Å². The molecule has 1 saturated carbocycles. The van der Waals surface area contributed by atoms with Crippen molar-refractivity contribution < 1.29 is 4.79 Å². The highest BCUT2D eigenvalue weighted by molar-refractivity contribution is 6.29. The highest BCUT2D eigenvalue weighted by Crippen LogP contribution is 2.39. The number of benzene rings is 1. The Balaban J connectivity index is 1.36. The lowest BCUT2D eigenvalue weighted by atomic mass is 10.0. The van der Waals surface area contributed by atoms with Gasteiger partial charge in [-0.25, -0.2) is 9.97 Å². The van der Waals surface area contributed by atoms with E-state index in [2.05, 4.69) is 15.2 Å². The van der Waals surface area contributed by atoms with Crippen molar-refractivity contribution in [1.29, 1.82) is 0 Å². The van der Waals surface area contributed by atoms with Crippen molar-refractivity contribution in [3.05, 3.63) is 52.9 Å². The Labute approximate surface area is 152 Å².